The molecule has 2 atom stereocenters. The third kappa shape index (κ3) is 9.71. The van der Waals surface area contributed by atoms with Crippen LogP contribution in [0.5, 0.6) is 0 Å². The Balaban J connectivity index is 1.52. The number of hydrogen-bond acceptors (Lipinski definition) is 10. The van der Waals surface area contributed by atoms with E-state index in [9.17, 15) is 9.90 Å². The molecule has 0 bridgehead atoms. The van der Waals surface area contributed by atoms with Crippen molar-refractivity contribution in [3.63, 3.8) is 0 Å². The summed E-state index contributed by atoms with van der Waals surface area (Å²) in [5.41, 5.74) is 7.72. The number of pyridine rings is 1. The molecule has 3 rings (SSSR count). The number of carboxylic acids is 1. The van der Waals surface area contributed by atoms with Crippen molar-refractivity contribution >= 4 is 29.6 Å². The van der Waals surface area contributed by atoms with Crippen molar-refractivity contribution in [3.8, 4) is 0 Å². The molecular weight excluding hydrogens is 484 g/mol. The maximum absolute atomic E-state index is 12.0. The monoisotopic (exact) mass is 524 g/mol. The summed E-state index contributed by atoms with van der Waals surface area (Å²) in [5, 5.41) is 16.2. The second-order valence-electron chi connectivity index (χ2n) is 9.39. The lowest BCUT2D eigenvalue weighted by molar-refractivity contribution is -0.138. The van der Waals surface area contributed by atoms with Crippen LogP contribution in [0.1, 0.15) is 43.9 Å². The highest BCUT2D eigenvalue weighted by Crippen LogP contribution is 2.20. The van der Waals surface area contributed by atoms with Gasteiger partial charge in [0.25, 0.3) is 0 Å². The molecule has 0 radical (unpaired) electrons. The van der Waals surface area contributed by atoms with Crippen LogP contribution in [-0.2, 0) is 22.4 Å². The molecule has 0 amide bonds. The molecular formula is C27H40N8O3. The van der Waals surface area contributed by atoms with Gasteiger partial charge >= 0.3 is 5.97 Å². The number of nitrogens with one attached hydrogen (secondary N) is 2. The summed E-state index contributed by atoms with van der Waals surface area (Å²) in [5.74, 6) is 0.905. The van der Waals surface area contributed by atoms with E-state index in [4.69, 9.17) is 15.5 Å². The summed E-state index contributed by atoms with van der Waals surface area (Å²) in [4.78, 5) is 31.4. The van der Waals surface area contributed by atoms with Crippen LogP contribution in [0.3, 0.4) is 0 Å². The summed E-state index contributed by atoms with van der Waals surface area (Å²) in [6.45, 7) is 5.19. The summed E-state index contributed by atoms with van der Waals surface area (Å²) >= 11 is 0. The molecule has 1 aliphatic heterocycles. The average molecular weight is 525 g/mol. The molecule has 2 aromatic heterocycles. The van der Waals surface area contributed by atoms with Crippen molar-refractivity contribution in [2.24, 2.45) is 10.7 Å². The minimum Gasteiger partial charge on any atom is -0.480 e. The van der Waals surface area contributed by atoms with Gasteiger partial charge in [0.05, 0.1) is 6.10 Å². The molecule has 38 heavy (non-hydrogen) atoms. The molecule has 0 saturated heterocycles. The smallest absolute Gasteiger partial charge is 0.326 e. The van der Waals surface area contributed by atoms with Crippen LogP contribution in [0.25, 0.3) is 0 Å². The Labute approximate surface area is 224 Å². The number of aliphatic imine (C=N–C) groups is 1. The van der Waals surface area contributed by atoms with Crippen molar-refractivity contribution in [1.82, 2.24) is 19.9 Å². The first-order chi connectivity index (χ1) is 18.5. The van der Waals surface area contributed by atoms with Gasteiger partial charge in [-0.3, -0.25) is 0 Å². The van der Waals surface area contributed by atoms with E-state index in [0.29, 0.717) is 24.6 Å². The second-order valence-corrected chi connectivity index (χ2v) is 9.39. The van der Waals surface area contributed by atoms with E-state index in [1.165, 1.54) is 24.3 Å². The quantitative estimate of drug-likeness (QED) is 0.190. The third-order valence-corrected chi connectivity index (χ3v) is 6.44. The molecule has 0 saturated carbocycles. The highest BCUT2D eigenvalue weighted by atomic mass is 16.5. The zero-order valence-corrected chi connectivity index (χ0v) is 22.3. The highest BCUT2D eigenvalue weighted by Gasteiger charge is 2.20. The number of hydrogen-bond donors (Lipinski definition) is 4. The number of carboxylic acid groups (broad SMARTS) is 1. The Bertz CT molecular complexity index is 1080. The Morgan fingerprint density at radius 2 is 2.21 bits per heavy atom. The van der Waals surface area contributed by atoms with Gasteiger partial charge in [0.1, 0.15) is 24.0 Å². The van der Waals surface area contributed by atoms with Gasteiger partial charge in [0, 0.05) is 44.7 Å². The summed E-state index contributed by atoms with van der Waals surface area (Å²) in [6, 6.07) is 5.13. The number of carbonyl (C=O) groups is 1. The topological polar surface area (TPSA) is 151 Å². The maximum atomic E-state index is 12.0. The third-order valence-electron chi connectivity index (χ3n) is 6.44. The van der Waals surface area contributed by atoms with E-state index in [2.05, 4.69) is 42.6 Å². The zero-order valence-electron chi connectivity index (χ0n) is 22.3. The minimum absolute atomic E-state index is 0.0458. The number of aromatic nitrogens is 3. The first-order valence-corrected chi connectivity index (χ1v) is 13.2. The van der Waals surface area contributed by atoms with Gasteiger partial charge in [0.15, 0.2) is 5.82 Å². The Morgan fingerprint density at radius 1 is 1.34 bits per heavy atom. The molecule has 5 N–H and O–H groups in total. The largest absolute Gasteiger partial charge is 0.480 e. The number of aliphatic carboxylic acids is 1. The molecule has 0 spiro atoms. The van der Waals surface area contributed by atoms with Gasteiger partial charge in [0.2, 0.25) is 0 Å². The number of nitrogens with two attached hydrogens (primary N) is 1. The Hall–Kier alpha value is -3.57. The second kappa shape index (κ2) is 15.6. The predicted octanol–water partition coefficient (Wildman–Crippen LogP) is 3.02. The highest BCUT2D eigenvalue weighted by molar-refractivity contribution is 5.77. The van der Waals surface area contributed by atoms with Crippen molar-refractivity contribution in [2.75, 3.05) is 43.9 Å². The first kappa shape index (κ1) is 29.0. The number of methoxy groups -OCH3 is 1. The fourth-order valence-corrected chi connectivity index (χ4v) is 4.30. The number of rotatable bonds is 16. The summed E-state index contributed by atoms with van der Waals surface area (Å²) in [6.07, 6.45) is 11.4. The lowest BCUT2D eigenvalue weighted by Crippen LogP contribution is -2.38. The van der Waals surface area contributed by atoms with E-state index < -0.39 is 12.0 Å². The SMILES string of the molecule is CO[C@H](C)CN(CCCCc1ccc2c(n1)NCCC2)CC[C@H](Nc1cc(N=CC=CN)ncn1)C(=O)O. The number of fused-ring (bicyclic) bond motifs is 1. The molecule has 0 unspecified atom stereocenters. The molecule has 0 aliphatic carbocycles. The van der Waals surface area contributed by atoms with Crippen molar-refractivity contribution in [2.45, 2.75) is 57.6 Å². The van der Waals surface area contributed by atoms with E-state index in [1.54, 1.807) is 19.3 Å². The van der Waals surface area contributed by atoms with Crippen LogP contribution in [0.4, 0.5) is 17.5 Å². The van der Waals surface area contributed by atoms with Gasteiger partial charge in [-0.1, -0.05) is 6.07 Å². The summed E-state index contributed by atoms with van der Waals surface area (Å²) < 4.78 is 5.48. The molecule has 1 aliphatic rings. The van der Waals surface area contributed by atoms with Crippen molar-refractivity contribution < 1.29 is 14.6 Å². The number of ether oxygens (including phenoxy) is 1. The first-order valence-electron chi connectivity index (χ1n) is 13.2. The lowest BCUT2D eigenvalue weighted by Gasteiger charge is -2.26. The average Bonchev–Trinajstić information content (AvgIpc) is 2.93. The van der Waals surface area contributed by atoms with E-state index in [0.717, 1.165) is 63.3 Å². The zero-order chi connectivity index (χ0) is 27.2. The molecule has 0 fully saturated rings. The fraction of sp³-hybridized carbons (Fsp3) is 0.519. The molecule has 0 aromatic carbocycles. The van der Waals surface area contributed by atoms with Crippen LogP contribution >= 0.6 is 0 Å². The minimum atomic E-state index is -0.938. The Kier molecular flexibility index (Phi) is 11.9. The van der Waals surface area contributed by atoms with Gasteiger partial charge in [-0.15, -0.1) is 0 Å². The number of allylic oxidation sites excluding steroid dienone is 1. The van der Waals surface area contributed by atoms with E-state index in [-0.39, 0.29) is 6.10 Å². The molecule has 11 nitrogen and oxygen atoms in total. The maximum Gasteiger partial charge on any atom is 0.326 e. The standard InChI is InChI=1S/C27H40N8O3/c1-20(38-2)18-35(15-4-3-8-22-10-9-21-7-5-13-30-26(21)33-22)16-11-23(27(36)37)34-25-17-24(31-19-32-25)29-14-6-12-28/h6,9-10,12,14,17,19-20,23H,3-5,7-8,11,13,15-16,18,28H2,1-2H3,(H,30,33)(H,36,37)(H,31,32,34)/t20-,23+/m1/s1. The lowest BCUT2D eigenvalue weighted by atomic mass is 10.1. The van der Waals surface area contributed by atoms with Crippen molar-refractivity contribution in [3.05, 3.63) is 48.1 Å². The van der Waals surface area contributed by atoms with Crippen LogP contribution in [-0.4, -0.2) is 82.6 Å². The predicted molar refractivity (Wildman–Crippen MR) is 150 cm³/mol. The number of nitrogens with zero attached hydrogens (tertiary/aromatic N) is 5. The van der Waals surface area contributed by atoms with Crippen LogP contribution < -0.4 is 16.4 Å². The summed E-state index contributed by atoms with van der Waals surface area (Å²) in [7, 11) is 1.69. The normalized spacial score (nSPS) is 14.9. The fourth-order valence-electron chi connectivity index (χ4n) is 4.30. The number of unbranched alkanes of at least 4 members (excludes halogenated alkanes) is 1. The van der Waals surface area contributed by atoms with Crippen LogP contribution in [0, 0.1) is 0 Å². The van der Waals surface area contributed by atoms with Gasteiger partial charge in [-0.2, -0.15) is 0 Å². The van der Waals surface area contributed by atoms with Gasteiger partial charge < -0.3 is 31.1 Å². The van der Waals surface area contributed by atoms with E-state index in [1.807, 2.05) is 6.92 Å². The van der Waals surface area contributed by atoms with Gasteiger partial charge in [-0.25, -0.2) is 24.7 Å². The molecule has 3 heterocycles. The Morgan fingerprint density at radius 3 is 3.00 bits per heavy atom. The van der Waals surface area contributed by atoms with Crippen LogP contribution in [0.2, 0.25) is 0 Å². The number of aryl methyl sites for hydroxylation is 2. The van der Waals surface area contributed by atoms with Crippen LogP contribution in [0.15, 0.2) is 41.8 Å². The van der Waals surface area contributed by atoms with E-state index >= 15 is 0 Å². The molecule has 11 heteroatoms. The van der Waals surface area contributed by atoms with Crippen molar-refractivity contribution in [1.29, 1.82) is 0 Å². The number of anilines is 2. The molecule has 206 valence electrons. The molecule has 2 aromatic rings. The van der Waals surface area contributed by atoms with Gasteiger partial charge in [-0.05, 0) is 75.9 Å².